The Kier molecular flexibility index (Phi) is 4.90. The molecule has 0 heterocycles. The largest absolute Gasteiger partial charge is 0.491 e. The van der Waals surface area contributed by atoms with Crippen molar-refractivity contribution in [1.29, 1.82) is 0 Å². The van der Waals surface area contributed by atoms with Crippen LogP contribution in [0.4, 0.5) is 4.39 Å². The summed E-state index contributed by atoms with van der Waals surface area (Å²) >= 11 is 3.38. The lowest BCUT2D eigenvalue weighted by Gasteiger charge is -2.10. The van der Waals surface area contributed by atoms with Gasteiger partial charge in [0.15, 0.2) is 0 Å². The average Bonchev–Trinajstić information content (AvgIpc) is 2.17. The van der Waals surface area contributed by atoms with Gasteiger partial charge in [0.05, 0.1) is 0 Å². The number of hydrogen-bond acceptors (Lipinski definition) is 2. The van der Waals surface area contributed by atoms with Crippen LogP contribution in [0.3, 0.4) is 0 Å². The summed E-state index contributed by atoms with van der Waals surface area (Å²) in [6.45, 7) is 0.356. The summed E-state index contributed by atoms with van der Waals surface area (Å²) in [6.07, 6.45) is 0. The van der Waals surface area contributed by atoms with Crippen molar-refractivity contribution in [2.75, 3.05) is 20.3 Å². The molecule has 78 valence electrons. The van der Waals surface area contributed by atoms with Crippen molar-refractivity contribution in [2.45, 2.75) is 6.54 Å². The minimum atomic E-state index is -0.463. The monoisotopic (exact) mass is 261 g/mol. The molecule has 0 amide bonds. The lowest BCUT2D eigenvalue weighted by Crippen LogP contribution is -2.08. The van der Waals surface area contributed by atoms with Crippen LogP contribution in [0.15, 0.2) is 22.7 Å². The number of benzene rings is 1. The zero-order valence-electron chi connectivity index (χ0n) is 8.02. The normalized spacial score (nSPS) is 10.2. The fraction of sp³-hybridized carbons (Fsp3) is 0.400. The molecule has 0 unspecified atom stereocenters. The maximum absolute atomic E-state index is 11.9. The molecule has 0 saturated heterocycles. The number of nitrogens with one attached hydrogen (secondary N) is 1. The quantitative estimate of drug-likeness (QED) is 0.880. The van der Waals surface area contributed by atoms with E-state index in [-0.39, 0.29) is 6.61 Å². The van der Waals surface area contributed by atoms with E-state index >= 15 is 0 Å². The smallest absolute Gasteiger partial charge is 0.123 e. The first-order chi connectivity index (χ1) is 6.77. The van der Waals surface area contributed by atoms with Gasteiger partial charge in [-0.25, -0.2) is 4.39 Å². The topological polar surface area (TPSA) is 21.3 Å². The Labute approximate surface area is 91.6 Å². The number of ether oxygens (including phenoxy) is 1. The Morgan fingerprint density at radius 1 is 1.50 bits per heavy atom. The Morgan fingerprint density at radius 3 is 2.93 bits per heavy atom. The molecular formula is C10H13BrFNO. The van der Waals surface area contributed by atoms with E-state index < -0.39 is 6.67 Å². The fourth-order valence-electron chi connectivity index (χ4n) is 1.17. The van der Waals surface area contributed by atoms with Gasteiger partial charge in [0.25, 0.3) is 0 Å². The molecule has 14 heavy (non-hydrogen) atoms. The number of hydrogen-bond donors (Lipinski definition) is 1. The highest BCUT2D eigenvalue weighted by Gasteiger charge is 2.03. The van der Waals surface area contributed by atoms with E-state index in [4.69, 9.17) is 4.74 Å². The van der Waals surface area contributed by atoms with Gasteiger partial charge in [-0.05, 0) is 25.2 Å². The van der Waals surface area contributed by atoms with Crippen molar-refractivity contribution in [1.82, 2.24) is 5.32 Å². The molecule has 0 radical (unpaired) electrons. The third-order valence-corrected chi connectivity index (χ3v) is 2.22. The highest BCUT2D eigenvalue weighted by atomic mass is 79.9. The lowest BCUT2D eigenvalue weighted by molar-refractivity contribution is 0.270. The van der Waals surface area contributed by atoms with E-state index in [2.05, 4.69) is 21.2 Å². The number of alkyl halides is 1. The molecule has 0 atom stereocenters. The molecule has 0 aliphatic rings. The van der Waals surface area contributed by atoms with Crippen molar-refractivity contribution in [2.24, 2.45) is 0 Å². The molecule has 0 fully saturated rings. The van der Waals surface area contributed by atoms with Gasteiger partial charge in [-0.15, -0.1) is 0 Å². The third kappa shape index (κ3) is 3.27. The van der Waals surface area contributed by atoms with Crippen LogP contribution < -0.4 is 10.1 Å². The van der Waals surface area contributed by atoms with Gasteiger partial charge in [0.1, 0.15) is 19.0 Å². The summed E-state index contributed by atoms with van der Waals surface area (Å²) in [5.74, 6) is 0.736. The molecule has 1 N–H and O–H groups in total. The summed E-state index contributed by atoms with van der Waals surface area (Å²) in [4.78, 5) is 0. The van der Waals surface area contributed by atoms with Gasteiger partial charge in [-0.2, -0.15) is 0 Å². The highest BCUT2D eigenvalue weighted by molar-refractivity contribution is 9.10. The molecule has 0 spiro atoms. The standard InChI is InChI=1S/C10H13BrFNO/c1-13-7-8-6-9(11)2-3-10(8)14-5-4-12/h2-3,6,13H,4-5,7H2,1H3. The summed E-state index contributed by atoms with van der Waals surface area (Å²) in [6, 6.07) is 5.68. The molecule has 0 saturated carbocycles. The van der Waals surface area contributed by atoms with Crippen molar-refractivity contribution >= 4 is 15.9 Å². The zero-order chi connectivity index (χ0) is 10.4. The zero-order valence-corrected chi connectivity index (χ0v) is 9.60. The minimum Gasteiger partial charge on any atom is -0.491 e. The SMILES string of the molecule is CNCc1cc(Br)ccc1OCCF. The Hall–Kier alpha value is -0.610. The molecule has 1 aromatic carbocycles. The van der Waals surface area contributed by atoms with Crippen LogP contribution in [0.1, 0.15) is 5.56 Å². The van der Waals surface area contributed by atoms with Gasteiger partial charge in [0.2, 0.25) is 0 Å². The molecule has 0 aliphatic carbocycles. The Bertz CT molecular complexity index is 293. The summed E-state index contributed by atoms with van der Waals surface area (Å²) in [7, 11) is 1.86. The first-order valence-corrected chi connectivity index (χ1v) is 5.19. The predicted molar refractivity (Wildman–Crippen MR) is 58.4 cm³/mol. The van der Waals surface area contributed by atoms with Crippen LogP contribution in [0, 0.1) is 0 Å². The first-order valence-electron chi connectivity index (χ1n) is 4.39. The maximum atomic E-state index is 11.9. The van der Waals surface area contributed by atoms with E-state index in [1.54, 1.807) is 0 Å². The Balaban J connectivity index is 2.78. The van der Waals surface area contributed by atoms with Crippen molar-refractivity contribution in [3.05, 3.63) is 28.2 Å². The second kappa shape index (κ2) is 5.98. The second-order valence-electron chi connectivity index (χ2n) is 2.82. The molecule has 1 aromatic rings. The first kappa shape index (κ1) is 11.5. The molecule has 4 heteroatoms. The van der Waals surface area contributed by atoms with E-state index in [1.165, 1.54) is 0 Å². The summed E-state index contributed by atoms with van der Waals surface area (Å²) < 4.78 is 18.2. The van der Waals surface area contributed by atoms with E-state index in [0.29, 0.717) is 6.54 Å². The van der Waals surface area contributed by atoms with Gasteiger partial charge >= 0.3 is 0 Å². The van der Waals surface area contributed by atoms with Gasteiger partial charge < -0.3 is 10.1 Å². The fourth-order valence-corrected chi connectivity index (χ4v) is 1.57. The maximum Gasteiger partial charge on any atom is 0.123 e. The van der Waals surface area contributed by atoms with Gasteiger partial charge in [-0.3, -0.25) is 0 Å². The van der Waals surface area contributed by atoms with Gasteiger partial charge in [0, 0.05) is 16.6 Å². The molecule has 0 aromatic heterocycles. The van der Waals surface area contributed by atoms with Crippen LogP contribution in [-0.2, 0) is 6.54 Å². The van der Waals surface area contributed by atoms with Crippen molar-refractivity contribution in [3.8, 4) is 5.75 Å². The lowest BCUT2D eigenvalue weighted by atomic mass is 10.2. The van der Waals surface area contributed by atoms with Crippen LogP contribution in [0.2, 0.25) is 0 Å². The molecule has 0 aliphatic heterocycles. The van der Waals surface area contributed by atoms with E-state index in [0.717, 1.165) is 15.8 Å². The van der Waals surface area contributed by atoms with E-state index in [1.807, 2.05) is 25.2 Å². The van der Waals surface area contributed by atoms with Crippen LogP contribution >= 0.6 is 15.9 Å². The highest BCUT2D eigenvalue weighted by Crippen LogP contribution is 2.23. The molecule has 1 rings (SSSR count). The summed E-state index contributed by atoms with van der Waals surface area (Å²) in [5, 5.41) is 3.03. The second-order valence-corrected chi connectivity index (χ2v) is 3.74. The molecular weight excluding hydrogens is 249 g/mol. The Morgan fingerprint density at radius 2 is 2.29 bits per heavy atom. The minimum absolute atomic E-state index is 0.109. The summed E-state index contributed by atoms with van der Waals surface area (Å²) in [5.41, 5.74) is 1.02. The van der Waals surface area contributed by atoms with Crippen LogP contribution in [0.5, 0.6) is 5.75 Å². The average molecular weight is 262 g/mol. The van der Waals surface area contributed by atoms with Crippen molar-refractivity contribution < 1.29 is 9.13 Å². The van der Waals surface area contributed by atoms with Crippen LogP contribution in [-0.4, -0.2) is 20.3 Å². The molecule has 2 nitrogen and oxygen atoms in total. The third-order valence-electron chi connectivity index (χ3n) is 1.72. The van der Waals surface area contributed by atoms with Crippen molar-refractivity contribution in [3.63, 3.8) is 0 Å². The van der Waals surface area contributed by atoms with Gasteiger partial charge in [-0.1, -0.05) is 15.9 Å². The van der Waals surface area contributed by atoms with E-state index in [9.17, 15) is 4.39 Å². The predicted octanol–water partition coefficient (Wildman–Crippen LogP) is 2.52. The molecule has 0 bridgehead atoms. The number of halogens is 2. The van der Waals surface area contributed by atoms with Crippen LogP contribution in [0.25, 0.3) is 0 Å². The number of rotatable bonds is 5.